The Morgan fingerprint density at radius 2 is 2.08 bits per heavy atom. The molecule has 1 saturated heterocycles. The number of hydrogen-bond donors (Lipinski definition) is 0. The van der Waals surface area contributed by atoms with Gasteiger partial charge in [0.1, 0.15) is 12.4 Å². The van der Waals surface area contributed by atoms with Crippen molar-refractivity contribution >= 4 is 17.6 Å². The largest absolute Gasteiger partial charge is 0.467 e. The number of aromatic nitrogens is 1. The third kappa shape index (κ3) is 3.88. The van der Waals surface area contributed by atoms with Crippen LogP contribution in [0.1, 0.15) is 55.3 Å². The minimum atomic E-state index is -1.08. The van der Waals surface area contributed by atoms with E-state index in [9.17, 15) is 9.18 Å². The van der Waals surface area contributed by atoms with Crippen LogP contribution in [-0.2, 0) is 11.3 Å². The minimum Gasteiger partial charge on any atom is -0.467 e. The highest BCUT2D eigenvalue weighted by atomic mass is 32.1. The van der Waals surface area contributed by atoms with E-state index >= 15 is 0 Å². The minimum absolute atomic E-state index is 0.202. The highest BCUT2D eigenvalue weighted by Crippen LogP contribution is 2.37. The molecular weight excluding hydrogens is 341 g/mol. The normalized spacial score (nSPS) is 26.2. The van der Waals surface area contributed by atoms with Gasteiger partial charge in [0.2, 0.25) is 0 Å². The lowest BCUT2D eigenvalue weighted by molar-refractivity contribution is -0.108. The van der Waals surface area contributed by atoms with Gasteiger partial charge < -0.3 is 14.4 Å². The van der Waals surface area contributed by atoms with Gasteiger partial charge in [0.05, 0.1) is 5.69 Å². The molecule has 3 heterocycles. The summed E-state index contributed by atoms with van der Waals surface area (Å²) in [6.45, 7) is 3.81. The van der Waals surface area contributed by atoms with Crippen LogP contribution in [0.2, 0.25) is 0 Å². The van der Waals surface area contributed by atoms with Gasteiger partial charge in [-0.05, 0) is 25.7 Å². The number of piperidine rings is 1. The number of aldehydes is 1. The van der Waals surface area contributed by atoms with E-state index < -0.39 is 6.17 Å². The van der Waals surface area contributed by atoms with E-state index in [1.54, 1.807) is 0 Å². The van der Waals surface area contributed by atoms with Crippen LogP contribution < -0.4 is 4.74 Å². The summed E-state index contributed by atoms with van der Waals surface area (Å²) in [5.74, 6) is 0. The Morgan fingerprint density at radius 1 is 1.28 bits per heavy atom. The number of thiazole rings is 1. The van der Waals surface area contributed by atoms with E-state index in [-0.39, 0.29) is 6.10 Å². The lowest BCUT2D eigenvalue weighted by Crippen LogP contribution is -2.46. The molecule has 1 saturated carbocycles. The molecule has 5 nitrogen and oxygen atoms in total. The van der Waals surface area contributed by atoms with Crippen molar-refractivity contribution in [2.75, 3.05) is 26.2 Å². The number of nitrogens with zero attached hydrogens (tertiary/aromatic N) is 3. The summed E-state index contributed by atoms with van der Waals surface area (Å²) in [5.41, 5.74) is 0.550. The molecule has 0 bridgehead atoms. The summed E-state index contributed by atoms with van der Waals surface area (Å²) in [6.07, 6.45) is 6.60. The van der Waals surface area contributed by atoms with Gasteiger partial charge in [-0.1, -0.05) is 17.8 Å². The molecular formula is C18H26FN3O2S. The molecule has 138 valence electrons. The Kier molecular flexibility index (Phi) is 5.33. The number of alkyl halides is 1. The smallest absolute Gasteiger partial charge is 0.274 e. The first kappa shape index (κ1) is 17.4. The van der Waals surface area contributed by atoms with Crippen molar-refractivity contribution in [3.8, 4) is 5.19 Å². The molecule has 0 aromatic carbocycles. The number of ether oxygens (including phenoxy) is 1. The second kappa shape index (κ2) is 7.68. The molecule has 0 spiro atoms. The van der Waals surface area contributed by atoms with E-state index in [1.165, 1.54) is 30.6 Å². The lowest BCUT2D eigenvalue weighted by Gasteiger charge is -2.41. The van der Waals surface area contributed by atoms with Crippen molar-refractivity contribution in [1.82, 2.24) is 14.8 Å². The maximum Gasteiger partial charge on any atom is 0.274 e. The third-order valence-corrected chi connectivity index (χ3v) is 6.64. The zero-order valence-corrected chi connectivity index (χ0v) is 15.3. The van der Waals surface area contributed by atoms with Crippen molar-refractivity contribution in [3.05, 3.63) is 10.6 Å². The fourth-order valence-corrected chi connectivity index (χ4v) is 5.05. The summed E-state index contributed by atoms with van der Waals surface area (Å²) in [7, 11) is 0. The van der Waals surface area contributed by atoms with E-state index in [1.807, 2.05) is 4.90 Å². The highest BCUT2D eigenvalue weighted by Gasteiger charge is 2.32. The van der Waals surface area contributed by atoms with E-state index in [2.05, 4.69) is 9.88 Å². The SMILES string of the molecule is O=CCCN1Cc2sc(OC3CCN(C4CCC4)CC3)nc2C(F)C1. The molecule has 4 rings (SSSR count). The average Bonchev–Trinajstić information content (AvgIpc) is 2.96. The van der Waals surface area contributed by atoms with Gasteiger partial charge in [0.15, 0.2) is 6.17 Å². The number of fused-ring (bicyclic) bond motifs is 1. The summed E-state index contributed by atoms with van der Waals surface area (Å²) in [6, 6.07) is 0.803. The number of hydrogen-bond acceptors (Lipinski definition) is 6. The van der Waals surface area contributed by atoms with Crippen molar-refractivity contribution in [1.29, 1.82) is 0 Å². The predicted octanol–water partition coefficient (Wildman–Crippen LogP) is 2.95. The van der Waals surface area contributed by atoms with Crippen LogP contribution in [0.3, 0.4) is 0 Å². The number of rotatable bonds is 6. The van der Waals surface area contributed by atoms with Gasteiger partial charge >= 0.3 is 0 Å². The second-order valence-electron chi connectivity index (χ2n) is 7.38. The van der Waals surface area contributed by atoms with Gasteiger partial charge in [-0.2, -0.15) is 0 Å². The molecule has 0 amide bonds. The number of carbonyl (C=O) groups is 1. The van der Waals surface area contributed by atoms with E-state index in [0.717, 1.165) is 43.1 Å². The summed E-state index contributed by atoms with van der Waals surface area (Å²) in [5, 5.41) is 0.618. The van der Waals surface area contributed by atoms with Crippen LogP contribution >= 0.6 is 11.3 Å². The molecule has 0 radical (unpaired) electrons. The lowest BCUT2D eigenvalue weighted by atomic mass is 9.90. The van der Waals surface area contributed by atoms with Gasteiger partial charge in [0.25, 0.3) is 5.19 Å². The average molecular weight is 367 g/mol. The van der Waals surface area contributed by atoms with Gasteiger partial charge in [-0.25, -0.2) is 9.37 Å². The standard InChI is InChI=1S/C18H26FN3O2S/c19-15-11-21(7-2-10-23)12-16-17(15)20-18(25-16)24-14-5-8-22(9-6-14)13-3-1-4-13/h10,13-15H,1-9,11-12H2. The first-order valence-corrected chi connectivity index (χ1v) is 10.2. The molecule has 3 aliphatic rings. The van der Waals surface area contributed by atoms with E-state index in [0.29, 0.717) is 36.9 Å². The fraction of sp³-hybridized carbons (Fsp3) is 0.778. The molecule has 1 aliphatic carbocycles. The van der Waals surface area contributed by atoms with Crippen molar-refractivity contribution < 1.29 is 13.9 Å². The highest BCUT2D eigenvalue weighted by molar-refractivity contribution is 7.13. The fourth-order valence-electron chi connectivity index (χ4n) is 3.99. The Labute approximate surface area is 152 Å². The maximum atomic E-state index is 14.4. The van der Waals surface area contributed by atoms with Gasteiger partial charge in [0, 0.05) is 50.1 Å². The topological polar surface area (TPSA) is 45.7 Å². The van der Waals surface area contributed by atoms with Crippen molar-refractivity contribution in [3.63, 3.8) is 0 Å². The molecule has 1 unspecified atom stereocenters. The molecule has 0 N–H and O–H groups in total. The second-order valence-corrected chi connectivity index (χ2v) is 8.43. The summed E-state index contributed by atoms with van der Waals surface area (Å²) in [4.78, 5) is 20.5. The predicted molar refractivity (Wildman–Crippen MR) is 94.8 cm³/mol. The first-order valence-electron chi connectivity index (χ1n) is 9.43. The molecule has 1 aromatic rings. The van der Waals surface area contributed by atoms with E-state index in [4.69, 9.17) is 4.74 Å². The van der Waals surface area contributed by atoms with Crippen LogP contribution in [-0.4, -0.2) is 59.4 Å². The third-order valence-electron chi connectivity index (χ3n) is 5.69. The zero-order valence-electron chi connectivity index (χ0n) is 14.5. The molecule has 7 heteroatoms. The van der Waals surface area contributed by atoms with Crippen LogP contribution in [0, 0.1) is 0 Å². The van der Waals surface area contributed by atoms with Gasteiger partial charge in [-0.15, -0.1) is 0 Å². The van der Waals surface area contributed by atoms with Crippen molar-refractivity contribution in [2.45, 2.75) is 63.4 Å². The number of likely N-dealkylation sites (tertiary alicyclic amines) is 1. The van der Waals surface area contributed by atoms with Crippen LogP contribution in [0.25, 0.3) is 0 Å². The first-order chi connectivity index (χ1) is 12.2. The zero-order chi connectivity index (χ0) is 17.2. The molecule has 1 aromatic heterocycles. The van der Waals surface area contributed by atoms with Crippen LogP contribution in [0.5, 0.6) is 5.19 Å². The Hall–Kier alpha value is -1.05. The summed E-state index contributed by atoms with van der Waals surface area (Å²) < 4.78 is 20.5. The van der Waals surface area contributed by atoms with Crippen molar-refractivity contribution in [2.24, 2.45) is 0 Å². The quantitative estimate of drug-likeness (QED) is 0.724. The molecule has 2 fully saturated rings. The molecule has 2 aliphatic heterocycles. The van der Waals surface area contributed by atoms with Gasteiger partial charge in [-0.3, -0.25) is 4.90 Å². The number of carbonyl (C=O) groups excluding carboxylic acids is 1. The van der Waals surface area contributed by atoms with Crippen LogP contribution in [0.15, 0.2) is 0 Å². The molecule has 25 heavy (non-hydrogen) atoms. The Morgan fingerprint density at radius 3 is 2.76 bits per heavy atom. The Bertz CT molecular complexity index is 599. The summed E-state index contributed by atoms with van der Waals surface area (Å²) >= 11 is 1.48. The molecule has 1 atom stereocenters. The monoisotopic (exact) mass is 367 g/mol. The number of halogens is 1. The maximum absolute atomic E-state index is 14.4. The Balaban J connectivity index is 1.33. The van der Waals surface area contributed by atoms with Crippen LogP contribution in [0.4, 0.5) is 4.39 Å².